The molecular weight excluding hydrogens is 1400 g/mol. The summed E-state index contributed by atoms with van der Waals surface area (Å²) < 4.78 is 73.7. The summed E-state index contributed by atoms with van der Waals surface area (Å²) in [7, 11) is 0. The third-order valence-corrected chi connectivity index (χ3v) is 18.2. The van der Waals surface area contributed by atoms with Gasteiger partial charge in [0, 0.05) is 61.4 Å². The minimum Gasteiger partial charge on any atom is -0.446 e. The summed E-state index contributed by atoms with van der Waals surface area (Å²) in [6.07, 6.45) is 23.8. The zero-order valence-corrected chi connectivity index (χ0v) is 57.5. The van der Waals surface area contributed by atoms with Crippen LogP contribution in [-0.2, 0) is 18.9 Å². The van der Waals surface area contributed by atoms with Crippen molar-refractivity contribution in [3.8, 4) is 5.95 Å². The van der Waals surface area contributed by atoms with Crippen LogP contribution in [0.4, 0.5) is 67.0 Å². The Morgan fingerprint density at radius 2 is 0.907 bits per heavy atom. The average Bonchev–Trinajstić information content (AvgIpc) is 1.64. The molecule has 0 bridgehead atoms. The van der Waals surface area contributed by atoms with E-state index in [1.807, 2.05) is 0 Å². The number of benzene rings is 3. The van der Waals surface area contributed by atoms with Crippen LogP contribution in [0.1, 0.15) is 116 Å². The van der Waals surface area contributed by atoms with Gasteiger partial charge in [0.1, 0.15) is 83.2 Å². The smallest absolute Gasteiger partial charge is 0.419 e. The lowest BCUT2D eigenvalue weighted by molar-refractivity contribution is 0.0631. The van der Waals surface area contributed by atoms with E-state index in [0.29, 0.717) is 133 Å². The van der Waals surface area contributed by atoms with Crippen molar-refractivity contribution < 1.29 is 51.3 Å². The fourth-order valence-electron chi connectivity index (χ4n) is 13.1. The number of nitrogens with one attached hydrogen (secondary N) is 6. The number of halogens is 3. The summed E-state index contributed by atoms with van der Waals surface area (Å²) in [5, 5.41) is 8.43. The zero-order chi connectivity index (χ0) is 74.6. The van der Waals surface area contributed by atoms with Crippen LogP contribution in [0.2, 0.25) is 0 Å². The minimum absolute atomic E-state index is 0.0982. The van der Waals surface area contributed by atoms with Crippen LogP contribution in [0.25, 0.3) is 50.5 Å². The van der Waals surface area contributed by atoms with Crippen molar-refractivity contribution in [3.05, 3.63) is 185 Å². The van der Waals surface area contributed by atoms with Crippen LogP contribution in [0.15, 0.2) is 150 Å². The second-order valence-electron chi connectivity index (χ2n) is 26.6. The number of fused-ring (bicyclic) bond motifs is 4. The molecule has 552 valence electrons. The summed E-state index contributed by atoms with van der Waals surface area (Å²) in [5.74, 6) is -0.800. The van der Waals surface area contributed by atoms with E-state index in [-0.39, 0.29) is 88.5 Å². The number of ether oxygens (including phenoxy) is 4. The highest BCUT2D eigenvalue weighted by molar-refractivity contribution is 5.90. The van der Waals surface area contributed by atoms with E-state index in [2.05, 4.69) is 80.7 Å². The molecule has 0 unspecified atom stereocenters. The molecule has 35 nitrogen and oxygen atoms in total. The molecule has 3 aliphatic rings. The summed E-state index contributed by atoms with van der Waals surface area (Å²) >= 11 is 0. The Hall–Kier alpha value is -13.3. The molecule has 10 heterocycles. The van der Waals surface area contributed by atoms with E-state index >= 15 is 0 Å². The van der Waals surface area contributed by atoms with Gasteiger partial charge in [0.15, 0.2) is 16.9 Å². The van der Waals surface area contributed by atoms with Crippen LogP contribution in [0, 0.1) is 17.5 Å². The molecule has 10 aromatic heterocycles. The van der Waals surface area contributed by atoms with Crippen molar-refractivity contribution in [2.45, 2.75) is 140 Å². The predicted molar refractivity (Wildman–Crippen MR) is 379 cm³/mol. The SMILES string of the molecule is CC(C)(C)OC(=O)Nc1ccc(F)cc1Nc1ncc2[nH]c(=O)n(C3CCC(OC(=O)n4ccnc4)CC3)c2n1.Nc1ccc(F)cc1Nc1ncc2[nH]c(=O)n(C3CCC(OC(=O)n4ccnc4)CC3)c2n1.O=C(OC1CCC(n2c(=O)[nH]c3cnc(-n4cnc5ccc(F)cc54)nc32)CC1)n1ccnc1. The highest BCUT2D eigenvalue weighted by Gasteiger charge is 2.32. The molecule has 3 aliphatic carbocycles. The Bertz CT molecular complexity index is 5580. The van der Waals surface area contributed by atoms with Crippen molar-refractivity contribution in [3.63, 3.8) is 0 Å². The molecule has 3 fully saturated rings. The minimum atomic E-state index is -0.718. The highest BCUT2D eigenvalue weighted by atomic mass is 19.1. The van der Waals surface area contributed by atoms with Gasteiger partial charge in [-0.25, -0.2) is 95.3 Å². The Morgan fingerprint density at radius 1 is 0.495 bits per heavy atom. The molecule has 3 saturated carbocycles. The number of carbonyl (C=O) groups excluding carboxylic acids is 4. The monoisotopic (exact) mass is 1470 g/mol. The number of hydrogen-bond donors (Lipinski definition) is 7. The summed E-state index contributed by atoms with van der Waals surface area (Å²) in [4.78, 5) is 138. The third kappa shape index (κ3) is 16.1. The lowest BCUT2D eigenvalue weighted by atomic mass is 9.93. The topological polar surface area (TPSA) is 429 Å². The lowest BCUT2D eigenvalue weighted by Crippen LogP contribution is -2.31. The van der Waals surface area contributed by atoms with E-state index < -0.39 is 41.6 Å². The number of rotatable bonds is 12. The normalized spacial score (nSPS) is 18.0. The van der Waals surface area contributed by atoms with E-state index in [4.69, 9.17) is 24.7 Å². The standard InChI is InChI=1S/C26H29FN8O5.C22H19FN8O3.C21H21FN8O3/c1-26(2,3)40-24(37)32-18-9-4-15(27)12-19(18)30-22-29-13-20-21(33-22)35(23(36)31-20)16-5-7-17(8-6-16)39-25(38)34-11-10-28-14-34;23-13-1-6-16-18(9-13)30(12-26-16)20-25-10-17-19(28-20)31(21(32)27-17)14-2-4-15(5-3-14)34-22(33)29-8-7-24-11-29;22-12-1-6-15(23)16(9-12)26-19-25-10-17-18(28-19)30(20(31)27-17)13-2-4-14(5-3-13)33-21(32)29-8-7-24-11-29/h4,9-14,16-17H,5-8H2,1-3H3,(H,31,36)(H,32,37)(H,29,30,33);1,6-12,14-15H,2-5H2,(H,27,32);1,6-11,13-14H,2-5,23H2,(H,27,31)(H,25,26,28). The molecule has 8 N–H and O–H groups in total. The number of nitrogen functional groups attached to an aromatic ring is 1. The molecule has 3 aromatic carbocycles. The first-order valence-electron chi connectivity index (χ1n) is 34.1. The number of nitrogens with zero attached hydrogens (tertiary/aromatic N) is 17. The van der Waals surface area contributed by atoms with Crippen LogP contribution >= 0.6 is 0 Å². The van der Waals surface area contributed by atoms with Gasteiger partial charge >= 0.3 is 41.4 Å². The molecule has 107 heavy (non-hydrogen) atoms. The number of H-pyrrole nitrogens is 3. The van der Waals surface area contributed by atoms with Gasteiger partial charge in [-0.05, 0) is 146 Å². The number of anilines is 6. The molecule has 38 heteroatoms. The Labute approximate surface area is 601 Å². The van der Waals surface area contributed by atoms with Crippen LogP contribution < -0.4 is 38.8 Å². The molecule has 1 amide bonds. The fourth-order valence-corrected chi connectivity index (χ4v) is 13.1. The van der Waals surface area contributed by atoms with Crippen molar-refractivity contribution >= 4 is 104 Å². The van der Waals surface area contributed by atoms with Gasteiger partial charge in [-0.15, -0.1) is 0 Å². The second kappa shape index (κ2) is 30.2. The average molecular weight is 1470 g/mol. The van der Waals surface area contributed by atoms with E-state index in [1.54, 1.807) is 51.3 Å². The highest BCUT2D eigenvalue weighted by Crippen LogP contribution is 2.36. The maximum absolute atomic E-state index is 14.1. The number of imidazole rings is 7. The molecule has 0 saturated heterocycles. The molecule has 0 atom stereocenters. The molecule has 0 aliphatic heterocycles. The van der Waals surface area contributed by atoms with Crippen molar-refractivity contribution in [2.75, 3.05) is 21.7 Å². The molecular formula is C69H69F3N24O11. The number of aromatic amines is 3. The molecule has 0 spiro atoms. The largest absolute Gasteiger partial charge is 0.446 e. The van der Waals surface area contributed by atoms with Crippen LogP contribution in [0.3, 0.4) is 0 Å². The molecule has 13 aromatic rings. The Morgan fingerprint density at radius 3 is 1.36 bits per heavy atom. The van der Waals surface area contributed by atoms with Gasteiger partial charge in [-0.3, -0.25) is 23.6 Å². The maximum atomic E-state index is 14.1. The fraction of sp³-hybridized carbons (Fsp3) is 0.319. The zero-order valence-electron chi connectivity index (χ0n) is 57.5. The van der Waals surface area contributed by atoms with E-state index in [9.17, 15) is 46.7 Å². The van der Waals surface area contributed by atoms with Gasteiger partial charge in [0.2, 0.25) is 17.8 Å². The van der Waals surface area contributed by atoms with E-state index in [0.717, 1.165) is 0 Å². The van der Waals surface area contributed by atoms with Gasteiger partial charge in [-0.1, -0.05) is 0 Å². The summed E-state index contributed by atoms with van der Waals surface area (Å²) in [6.45, 7) is 5.20. The first-order chi connectivity index (χ1) is 51.6. The number of nitrogens with two attached hydrogens (primary N) is 1. The quantitative estimate of drug-likeness (QED) is 0.0441. The summed E-state index contributed by atoms with van der Waals surface area (Å²) in [6, 6.07) is 11.6. The Kier molecular flexibility index (Phi) is 19.9. The number of amides is 1. The lowest BCUT2D eigenvalue weighted by Gasteiger charge is -2.28. The first kappa shape index (κ1) is 70.7. The first-order valence-corrected chi connectivity index (χ1v) is 34.1. The number of carbonyl (C=O) groups is 4. The predicted octanol–water partition coefficient (Wildman–Crippen LogP) is 10.6. The van der Waals surface area contributed by atoms with Gasteiger partial charge < -0.3 is 50.3 Å². The molecule has 16 rings (SSSR count). The van der Waals surface area contributed by atoms with E-state index in [1.165, 1.54) is 137 Å². The van der Waals surface area contributed by atoms with Gasteiger partial charge in [0.25, 0.3) is 0 Å². The van der Waals surface area contributed by atoms with Gasteiger partial charge in [0.05, 0.1) is 52.4 Å². The van der Waals surface area contributed by atoms with Crippen molar-refractivity contribution in [1.29, 1.82) is 0 Å². The maximum Gasteiger partial charge on any atom is 0.419 e. The number of hydrogen-bond acceptors (Lipinski definition) is 24. The van der Waals surface area contributed by atoms with Crippen molar-refractivity contribution in [1.82, 2.24) is 96.8 Å². The van der Waals surface area contributed by atoms with Crippen molar-refractivity contribution in [2.24, 2.45) is 0 Å². The van der Waals surface area contributed by atoms with Crippen LogP contribution in [-0.4, -0.2) is 145 Å². The molecule has 0 radical (unpaired) electrons. The van der Waals surface area contributed by atoms with Crippen LogP contribution in [0.5, 0.6) is 0 Å². The van der Waals surface area contributed by atoms with Gasteiger partial charge in [-0.2, -0.15) is 15.0 Å². The second-order valence-corrected chi connectivity index (χ2v) is 26.6. The Balaban J connectivity index is 0.000000135. The third-order valence-electron chi connectivity index (χ3n) is 18.2. The number of aromatic nitrogens is 20. The summed E-state index contributed by atoms with van der Waals surface area (Å²) in [5.41, 5.74) is 9.27.